The number of rotatable bonds is 8. The number of amides is 3. The van der Waals surface area contributed by atoms with Crippen LogP contribution in [0.2, 0.25) is 0 Å². The Labute approximate surface area is 217 Å². The number of hydrogen-bond donors (Lipinski definition) is 2. The molecule has 2 N–H and O–H groups in total. The first kappa shape index (κ1) is 25.5. The van der Waals surface area contributed by atoms with E-state index < -0.39 is 23.7 Å². The fourth-order valence-corrected chi connectivity index (χ4v) is 3.78. The van der Waals surface area contributed by atoms with E-state index >= 15 is 0 Å². The second kappa shape index (κ2) is 11.0. The summed E-state index contributed by atoms with van der Waals surface area (Å²) >= 11 is 6.19. The van der Waals surface area contributed by atoms with Crippen molar-refractivity contribution < 1.29 is 28.7 Å². The molecule has 1 heterocycles. The highest BCUT2D eigenvalue weighted by Gasteiger charge is 2.39. The number of esters is 1. The van der Waals surface area contributed by atoms with Crippen LogP contribution in [0.4, 0.5) is 17.1 Å². The summed E-state index contributed by atoms with van der Waals surface area (Å²) in [5, 5.41) is 5.35. The lowest BCUT2D eigenvalue weighted by molar-refractivity contribution is -0.120. The number of benzene rings is 3. The smallest absolute Gasteiger partial charge is 0.338 e. The van der Waals surface area contributed by atoms with Crippen molar-refractivity contribution in [2.75, 3.05) is 29.3 Å². The molecule has 1 aliphatic heterocycles. The molecule has 188 valence electrons. The molecule has 0 bridgehead atoms. The number of carbonyl (C=O) groups is 4. The van der Waals surface area contributed by atoms with E-state index in [4.69, 9.17) is 21.1 Å². The Bertz CT molecular complexity index is 1400. The molecule has 0 radical (unpaired) electrons. The lowest BCUT2D eigenvalue weighted by Gasteiger charge is -2.15. The molecule has 0 saturated heterocycles. The minimum Gasteiger partial charge on any atom is -0.497 e. The molecule has 3 aromatic rings. The first-order valence-electron chi connectivity index (χ1n) is 11.2. The summed E-state index contributed by atoms with van der Waals surface area (Å²) in [4.78, 5) is 51.2. The summed E-state index contributed by atoms with van der Waals surface area (Å²) in [6, 6.07) is 19.1. The third-order valence-corrected chi connectivity index (χ3v) is 5.76. The third kappa shape index (κ3) is 5.46. The maximum absolute atomic E-state index is 13.0. The Morgan fingerprint density at radius 1 is 0.892 bits per heavy atom. The second-order valence-electron chi connectivity index (χ2n) is 7.79. The monoisotopic (exact) mass is 519 g/mol. The van der Waals surface area contributed by atoms with Gasteiger partial charge in [-0.05, 0) is 73.7 Å². The van der Waals surface area contributed by atoms with Crippen LogP contribution in [0, 0.1) is 0 Å². The predicted molar refractivity (Wildman–Crippen MR) is 139 cm³/mol. The van der Waals surface area contributed by atoms with Gasteiger partial charge in [0.2, 0.25) is 0 Å². The molecular weight excluding hydrogens is 498 g/mol. The van der Waals surface area contributed by atoms with Crippen LogP contribution in [0.3, 0.4) is 0 Å². The van der Waals surface area contributed by atoms with Crippen molar-refractivity contribution in [1.82, 2.24) is 0 Å². The van der Waals surface area contributed by atoms with E-state index in [0.29, 0.717) is 33.9 Å². The van der Waals surface area contributed by atoms with Crippen LogP contribution in [0.1, 0.15) is 27.6 Å². The van der Waals surface area contributed by atoms with Crippen LogP contribution in [0.25, 0.3) is 0 Å². The van der Waals surface area contributed by atoms with E-state index in [0.717, 1.165) is 4.90 Å². The Hall–Kier alpha value is -4.63. The maximum Gasteiger partial charge on any atom is 0.338 e. The third-order valence-electron chi connectivity index (χ3n) is 5.41. The minimum atomic E-state index is -0.652. The number of imide groups is 1. The molecule has 3 aromatic carbocycles. The number of nitrogens with one attached hydrogen (secondary N) is 2. The minimum absolute atomic E-state index is 0.0736. The Balaban J connectivity index is 1.44. The Kier molecular flexibility index (Phi) is 7.55. The molecule has 10 heteroatoms. The molecule has 0 atom stereocenters. The average Bonchev–Trinajstić information content (AvgIpc) is 3.12. The van der Waals surface area contributed by atoms with E-state index in [1.165, 1.54) is 13.2 Å². The largest absolute Gasteiger partial charge is 0.497 e. The Morgan fingerprint density at radius 2 is 1.59 bits per heavy atom. The molecule has 3 amide bonds. The summed E-state index contributed by atoms with van der Waals surface area (Å²) in [7, 11) is 1.51. The van der Waals surface area contributed by atoms with Gasteiger partial charge in [-0.1, -0.05) is 17.7 Å². The SMILES string of the molecule is CCOC(=O)c1cccc(NC(=O)c2ccc(NC3=C(Cl)C(=O)N(c4ccc(OC)cc4)C3=O)cc2)c1. The number of hydrogen-bond acceptors (Lipinski definition) is 7. The predicted octanol–water partition coefficient (Wildman–Crippen LogP) is 4.56. The van der Waals surface area contributed by atoms with Gasteiger partial charge in [0.25, 0.3) is 17.7 Å². The molecule has 0 fully saturated rings. The highest BCUT2D eigenvalue weighted by Crippen LogP contribution is 2.31. The van der Waals surface area contributed by atoms with Gasteiger partial charge in [0.05, 0.1) is 25.0 Å². The molecule has 4 rings (SSSR count). The Morgan fingerprint density at radius 3 is 2.24 bits per heavy atom. The van der Waals surface area contributed by atoms with Gasteiger partial charge in [0.15, 0.2) is 0 Å². The van der Waals surface area contributed by atoms with Crippen molar-refractivity contribution in [2.45, 2.75) is 6.92 Å². The van der Waals surface area contributed by atoms with Crippen molar-refractivity contribution in [3.8, 4) is 5.75 Å². The van der Waals surface area contributed by atoms with E-state index in [-0.39, 0.29) is 17.3 Å². The first-order valence-corrected chi connectivity index (χ1v) is 11.6. The molecule has 0 saturated carbocycles. The van der Waals surface area contributed by atoms with Gasteiger partial charge in [0.1, 0.15) is 16.5 Å². The van der Waals surface area contributed by atoms with Gasteiger partial charge in [-0.15, -0.1) is 0 Å². The summed E-state index contributed by atoms with van der Waals surface area (Å²) in [5.41, 5.74) is 1.82. The number of methoxy groups -OCH3 is 1. The highest BCUT2D eigenvalue weighted by atomic mass is 35.5. The molecular formula is C27H22ClN3O6. The van der Waals surface area contributed by atoms with Gasteiger partial charge < -0.3 is 20.1 Å². The molecule has 0 aromatic heterocycles. The molecule has 0 unspecified atom stereocenters. The molecule has 9 nitrogen and oxygen atoms in total. The summed E-state index contributed by atoms with van der Waals surface area (Å²) in [6.07, 6.45) is 0. The van der Waals surface area contributed by atoms with Crippen molar-refractivity contribution in [3.05, 3.63) is 94.7 Å². The van der Waals surface area contributed by atoms with Crippen LogP contribution < -0.4 is 20.3 Å². The van der Waals surface area contributed by atoms with E-state index in [1.807, 2.05) is 0 Å². The van der Waals surface area contributed by atoms with E-state index in [2.05, 4.69) is 10.6 Å². The fourth-order valence-electron chi connectivity index (χ4n) is 3.57. The lowest BCUT2D eigenvalue weighted by atomic mass is 10.1. The van der Waals surface area contributed by atoms with E-state index in [9.17, 15) is 19.2 Å². The number of carbonyl (C=O) groups excluding carboxylic acids is 4. The molecule has 0 spiro atoms. The standard InChI is InChI=1S/C27H22ClN3O6/c1-3-37-27(35)17-5-4-6-19(15-17)30-24(32)16-7-9-18(10-8-16)29-23-22(28)25(33)31(26(23)34)20-11-13-21(36-2)14-12-20/h4-15,29H,3H2,1-2H3,(H,30,32). The van der Waals surface area contributed by atoms with Gasteiger partial charge in [-0.25, -0.2) is 9.69 Å². The topological polar surface area (TPSA) is 114 Å². The molecule has 1 aliphatic rings. The lowest BCUT2D eigenvalue weighted by Crippen LogP contribution is -2.32. The second-order valence-corrected chi connectivity index (χ2v) is 8.17. The normalized spacial score (nSPS) is 13.0. The maximum atomic E-state index is 13.0. The van der Waals surface area contributed by atoms with Crippen molar-refractivity contribution >= 4 is 52.4 Å². The van der Waals surface area contributed by atoms with Gasteiger partial charge in [-0.3, -0.25) is 14.4 Å². The summed E-state index contributed by atoms with van der Waals surface area (Å²) in [6.45, 7) is 1.96. The number of halogens is 1. The number of anilines is 3. The van der Waals surface area contributed by atoms with Crippen LogP contribution in [0.5, 0.6) is 5.75 Å². The van der Waals surface area contributed by atoms with Crippen molar-refractivity contribution in [1.29, 1.82) is 0 Å². The number of ether oxygens (including phenoxy) is 2. The highest BCUT2D eigenvalue weighted by molar-refractivity contribution is 6.53. The van der Waals surface area contributed by atoms with Crippen LogP contribution >= 0.6 is 11.6 Å². The summed E-state index contributed by atoms with van der Waals surface area (Å²) in [5.74, 6) is -1.56. The van der Waals surface area contributed by atoms with E-state index in [1.54, 1.807) is 73.7 Å². The zero-order valence-electron chi connectivity index (χ0n) is 19.9. The summed E-state index contributed by atoms with van der Waals surface area (Å²) < 4.78 is 10.1. The van der Waals surface area contributed by atoms with Gasteiger partial charge in [0, 0.05) is 16.9 Å². The molecule has 0 aliphatic carbocycles. The van der Waals surface area contributed by atoms with Gasteiger partial charge >= 0.3 is 5.97 Å². The van der Waals surface area contributed by atoms with Crippen LogP contribution in [-0.2, 0) is 14.3 Å². The van der Waals surface area contributed by atoms with Crippen molar-refractivity contribution in [3.63, 3.8) is 0 Å². The van der Waals surface area contributed by atoms with Crippen LogP contribution in [0.15, 0.2) is 83.5 Å². The van der Waals surface area contributed by atoms with Crippen molar-refractivity contribution in [2.24, 2.45) is 0 Å². The first-order chi connectivity index (χ1) is 17.8. The zero-order valence-corrected chi connectivity index (χ0v) is 20.7. The molecule has 37 heavy (non-hydrogen) atoms. The fraction of sp³-hybridized carbons (Fsp3) is 0.111. The zero-order chi connectivity index (χ0) is 26.5. The number of nitrogens with zero attached hydrogens (tertiary/aromatic N) is 1. The quantitative estimate of drug-likeness (QED) is 0.331. The van der Waals surface area contributed by atoms with Gasteiger partial charge in [-0.2, -0.15) is 0 Å². The van der Waals surface area contributed by atoms with Crippen LogP contribution in [-0.4, -0.2) is 37.4 Å². The average molecular weight is 520 g/mol.